The molecule has 268 valence electrons. The topological polar surface area (TPSA) is 135 Å². The lowest BCUT2D eigenvalue weighted by molar-refractivity contribution is -0.136. The van der Waals surface area contributed by atoms with Gasteiger partial charge in [-0.1, -0.05) is 6.07 Å². The number of amides is 1. The second-order valence-electron chi connectivity index (χ2n) is 14.2. The molecule has 0 saturated carbocycles. The fraction of sp³-hybridized carbons (Fsp3) is 0.459. The molecule has 3 aliphatic heterocycles. The summed E-state index contributed by atoms with van der Waals surface area (Å²) in [6.45, 7) is 10.1. The number of likely N-dealkylation sites (tertiary alicyclic amines) is 1. The van der Waals surface area contributed by atoms with Crippen LogP contribution in [0.5, 0.6) is 11.5 Å². The first kappa shape index (κ1) is 34.6. The summed E-state index contributed by atoms with van der Waals surface area (Å²) >= 11 is 0. The summed E-state index contributed by atoms with van der Waals surface area (Å²) in [5.74, 6) is -2.92. The van der Waals surface area contributed by atoms with Gasteiger partial charge >= 0.3 is 5.69 Å². The number of anilines is 1. The lowest BCUT2D eigenvalue weighted by atomic mass is 9.87. The van der Waals surface area contributed by atoms with Crippen molar-refractivity contribution in [1.29, 1.82) is 5.26 Å². The summed E-state index contributed by atoms with van der Waals surface area (Å²) in [4.78, 5) is 39.0. The molecule has 0 aliphatic carbocycles. The maximum absolute atomic E-state index is 14.3. The summed E-state index contributed by atoms with van der Waals surface area (Å²) in [5.41, 5.74) is 7.04. The Morgan fingerprint density at radius 2 is 1.76 bits per heavy atom. The lowest BCUT2D eigenvalue weighted by Crippen LogP contribution is -2.60. The number of ether oxygens (including phenoxy) is 2. The van der Waals surface area contributed by atoms with E-state index in [9.17, 15) is 23.6 Å². The molecule has 0 spiro atoms. The number of hydrogen-bond donors (Lipinski definition) is 1. The molecule has 0 radical (unpaired) electrons. The molecule has 4 aromatic rings. The van der Waals surface area contributed by atoms with E-state index in [2.05, 4.69) is 34.7 Å². The zero-order valence-corrected chi connectivity index (χ0v) is 28.8. The summed E-state index contributed by atoms with van der Waals surface area (Å²) < 4.78 is 42.3. The van der Waals surface area contributed by atoms with E-state index in [4.69, 9.17) is 15.2 Å². The lowest BCUT2D eigenvalue weighted by Gasteiger charge is -2.48. The third-order valence-electron chi connectivity index (χ3n) is 10.6. The fourth-order valence-corrected chi connectivity index (χ4v) is 7.67. The number of halogens is 2. The molecule has 7 rings (SSSR count). The van der Waals surface area contributed by atoms with Gasteiger partial charge in [0, 0.05) is 51.0 Å². The van der Waals surface area contributed by atoms with Crippen LogP contribution in [-0.4, -0.2) is 98.8 Å². The molecule has 1 unspecified atom stereocenters. The Morgan fingerprint density at radius 3 is 2.41 bits per heavy atom. The van der Waals surface area contributed by atoms with Gasteiger partial charge in [0.15, 0.2) is 17.4 Å². The highest BCUT2D eigenvalue weighted by Gasteiger charge is 2.39. The number of pyridine rings is 1. The van der Waals surface area contributed by atoms with Crippen molar-refractivity contribution >= 4 is 22.8 Å². The van der Waals surface area contributed by atoms with Gasteiger partial charge in [-0.3, -0.25) is 23.7 Å². The third-order valence-corrected chi connectivity index (χ3v) is 10.6. The highest BCUT2D eigenvalue weighted by Crippen LogP contribution is 2.33. The van der Waals surface area contributed by atoms with Crippen molar-refractivity contribution in [2.24, 2.45) is 5.92 Å². The van der Waals surface area contributed by atoms with Crippen LogP contribution in [0.4, 0.5) is 14.6 Å². The van der Waals surface area contributed by atoms with Gasteiger partial charge in [0.25, 0.3) is 0 Å². The van der Waals surface area contributed by atoms with Crippen LogP contribution in [0.2, 0.25) is 0 Å². The number of rotatable bonds is 9. The van der Waals surface area contributed by atoms with Crippen molar-refractivity contribution in [1.82, 2.24) is 28.8 Å². The van der Waals surface area contributed by atoms with Gasteiger partial charge in [-0.2, -0.15) is 5.26 Å². The van der Waals surface area contributed by atoms with Crippen molar-refractivity contribution in [3.05, 3.63) is 76.8 Å². The number of imidazole rings is 1. The number of carbonyl (C=O) groups excluding carboxylic acids is 1. The predicted molar refractivity (Wildman–Crippen MR) is 187 cm³/mol. The monoisotopic (exact) mass is 700 g/mol. The van der Waals surface area contributed by atoms with E-state index in [1.54, 1.807) is 27.7 Å². The molecular formula is C37H42F2N8O4. The number of nitrogen functional groups attached to an aromatic ring is 1. The molecule has 3 saturated heterocycles. The zero-order chi connectivity index (χ0) is 35.9. The first-order valence-electron chi connectivity index (χ1n) is 17.4. The Labute approximate surface area is 294 Å². The molecule has 1 amide bonds. The van der Waals surface area contributed by atoms with Gasteiger partial charge in [-0.25, -0.2) is 18.6 Å². The Balaban J connectivity index is 1.10. The van der Waals surface area contributed by atoms with Crippen molar-refractivity contribution < 1.29 is 23.0 Å². The highest BCUT2D eigenvalue weighted by atomic mass is 19.1. The van der Waals surface area contributed by atoms with Gasteiger partial charge < -0.3 is 20.1 Å². The van der Waals surface area contributed by atoms with Crippen LogP contribution >= 0.6 is 0 Å². The summed E-state index contributed by atoms with van der Waals surface area (Å²) in [6, 6.07) is 13.8. The van der Waals surface area contributed by atoms with E-state index in [1.807, 2.05) is 0 Å². The molecule has 51 heavy (non-hydrogen) atoms. The summed E-state index contributed by atoms with van der Waals surface area (Å²) in [5, 5.41) is 10.2. The number of nitrogens with two attached hydrogens (primary N) is 1. The number of aromatic nitrogens is 3. The smallest absolute Gasteiger partial charge is 0.334 e. The van der Waals surface area contributed by atoms with Crippen molar-refractivity contribution in [2.45, 2.75) is 50.7 Å². The van der Waals surface area contributed by atoms with E-state index in [0.717, 1.165) is 51.5 Å². The van der Waals surface area contributed by atoms with Crippen LogP contribution in [0.3, 0.4) is 0 Å². The average molecular weight is 701 g/mol. The number of benzene rings is 2. The van der Waals surface area contributed by atoms with Gasteiger partial charge in [-0.15, -0.1) is 0 Å². The van der Waals surface area contributed by atoms with Crippen molar-refractivity contribution in [3.8, 4) is 23.3 Å². The van der Waals surface area contributed by atoms with Crippen LogP contribution in [0.25, 0.3) is 16.7 Å². The molecule has 12 nitrogen and oxygen atoms in total. The minimum Gasteiger partial charge on any atom is -0.451 e. The average Bonchev–Trinajstić information content (AvgIpc) is 3.41. The molecule has 2 aromatic heterocycles. The number of carbonyl (C=O) groups is 1. The van der Waals surface area contributed by atoms with Crippen LogP contribution < -0.4 is 16.2 Å². The van der Waals surface area contributed by atoms with Crippen molar-refractivity contribution in [3.63, 3.8) is 0 Å². The first-order chi connectivity index (χ1) is 24.6. The second kappa shape index (κ2) is 14.1. The molecule has 5 heterocycles. The van der Waals surface area contributed by atoms with Gasteiger partial charge in [0.05, 0.1) is 42.6 Å². The van der Waals surface area contributed by atoms with Crippen LogP contribution in [0.15, 0.2) is 59.5 Å². The highest BCUT2D eigenvalue weighted by molar-refractivity contribution is 5.87. The Hall–Kier alpha value is -4.84. The van der Waals surface area contributed by atoms with Gasteiger partial charge in [0.1, 0.15) is 23.0 Å². The van der Waals surface area contributed by atoms with Gasteiger partial charge in [0.2, 0.25) is 5.91 Å². The number of piperidine rings is 1. The molecule has 2 atom stereocenters. The standard InChI is InChI=1S/C37H42F2N8O4/c1-37(2,45-17-15-43(16-18-45)27-22-50-23-27)19-24(20-40)35(48)44-14-4-5-26(21-44)46-31-12-13-42-34(41)32(31)47(36(46)49)25-8-10-28(11-9-25)51-33-29(38)6-3-7-30(33)39/h3,6-13,24,26-27H,4-5,14-19,21-23H2,1-2H3,(H2,41,42)/t24?,26-/m1/s1. The first-order valence-corrected chi connectivity index (χ1v) is 17.4. The minimum atomic E-state index is -0.837. The molecule has 2 aromatic carbocycles. The van der Waals surface area contributed by atoms with Crippen LogP contribution in [0, 0.1) is 28.9 Å². The SMILES string of the molecule is CC(C)(CC(C#N)C(=O)N1CCC[C@@H](n2c(=O)n(-c3ccc(Oc4c(F)cccc4F)cc3)c3c(N)nccc32)C1)N1CCN(C2COC2)CC1. The van der Waals surface area contributed by atoms with E-state index < -0.39 is 23.3 Å². The Bertz CT molecular complexity index is 1990. The molecular weight excluding hydrogens is 658 g/mol. The van der Waals surface area contributed by atoms with Gasteiger partial charge in [-0.05, 0) is 75.6 Å². The molecule has 2 N–H and O–H groups in total. The zero-order valence-electron chi connectivity index (χ0n) is 28.8. The number of piperazine rings is 1. The second-order valence-corrected chi connectivity index (χ2v) is 14.2. The maximum Gasteiger partial charge on any atom is 0.334 e. The number of hydrogen-bond acceptors (Lipinski definition) is 9. The number of nitrogens with zero attached hydrogens (tertiary/aromatic N) is 7. The van der Waals surface area contributed by atoms with Crippen LogP contribution in [0.1, 0.15) is 39.2 Å². The Morgan fingerprint density at radius 1 is 1.06 bits per heavy atom. The molecule has 3 aliphatic rings. The van der Waals surface area contributed by atoms with E-state index in [-0.39, 0.29) is 41.3 Å². The molecule has 3 fully saturated rings. The minimum absolute atomic E-state index is 0.148. The third kappa shape index (κ3) is 6.69. The Kier molecular flexibility index (Phi) is 9.54. The molecule has 14 heteroatoms. The van der Waals surface area contributed by atoms with E-state index in [1.165, 1.54) is 29.0 Å². The van der Waals surface area contributed by atoms with Crippen molar-refractivity contribution in [2.75, 3.05) is 58.2 Å². The normalized spacial score (nSPS) is 19.8. The number of para-hydroxylation sites is 1. The van der Waals surface area contributed by atoms with E-state index in [0.29, 0.717) is 48.6 Å². The number of nitriles is 1. The van der Waals surface area contributed by atoms with Crippen LogP contribution in [-0.2, 0) is 9.53 Å². The summed E-state index contributed by atoms with van der Waals surface area (Å²) in [6.07, 6.45) is 3.24. The quantitative estimate of drug-likeness (QED) is 0.271. The maximum atomic E-state index is 14.3. The van der Waals surface area contributed by atoms with E-state index >= 15 is 0 Å². The largest absolute Gasteiger partial charge is 0.451 e. The predicted octanol–water partition coefficient (Wildman–Crippen LogP) is 4.33. The fourth-order valence-electron chi connectivity index (χ4n) is 7.67. The molecule has 0 bridgehead atoms. The summed E-state index contributed by atoms with van der Waals surface area (Å²) in [7, 11) is 0. The number of fused-ring (bicyclic) bond motifs is 1.